The number of fused-ring (bicyclic) bond motifs is 1. The van der Waals surface area contributed by atoms with E-state index in [2.05, 4.69) is 10.3 Å². The van der Waals surface area contributed by atoms with Gasteiger partial charge in [0.05, 0.1) is 23.3 Å². The van der Waals surface area contributed by atoms with E-state index in [1.54, 1.807) is 6.92 Å². The highest BCUT2D eigenvalue weighted by atomic mass is 19.2. The van der Waals surface area contributed by atoms with Crippen molar-refractivity contribution in [3.05, 3.63) is 74.1 Å². The molecular formula is C19H15F3N4O4. The minimum absolute atomic E-state index is 0.0891. The van der Waals surface area contributed by atoms with Crippen LogP contribution in [-0.2, 0) is 11.3 Å². The van der Waals surface area contributed by atoms with Crippen LogP contribution in [0, 0.1) is 17.5 Å². The van der Waals surface area contributed by atoms with Crippen LogP contribution in [0.5, 0.6) is 0 Å². The summed E-state index contributed by atoms with van der Waals surface area (Å²) in [7, 11) is 0. The molecule has 0 aliphatic carbocycles. The number of carbonyl (C=O) groups is 2. The van der Waals surface area contributed by atoms with Gasteiger partial charge in [-0.1, -0.05) is 0 Å². The van der Waals surface area contributed by atoms with Crippen molar-refractivity contribution in [2.24, 2.45) is 0 Å². The van der Waals surface area contributed by atoms with E-state index in [1.807, 2.05) is 5.32 Å². The van der Waals surface area contributed by atoms with Crippen LogP contribution in [0.15, 0.2) is 39.9 Å². The van der Waals surface area contributed by atoms with Gasteiger partial charge in [-0.15, -0.1) is 0 Å². The number of anilines is 1. The van der Waals surface area contributed by atoms with Crippen LogP contribution in [0.3, 0.4) is 0 Å². The Balaban J connectivity index is 1.73. The lowest BCUT2D eigenvalue weighted by atomic mass is 10.1. The molecule has 0 radical (unpaired) electrons. The van der Waals surface area contributed by atoms with Crippen molar-refractivity contribution in [3.63, 3.8) is 0 Å². The predicted molar refractivity (Wildman–Crippen MR) is 102 cm³/mol. The Morgan fingerprint density at radius 2 is 1.80 bits per heavy atom. The minimum atomic E-state index is -1.73. The molecule has 156 valence electrons. The molecule has 0 bridgehead atoms. The van der Waals surface area contributed by atoms with Gasteiger partial charge in [0.1, 0.15) is 0 Å². The van der Waals surface area contributed by atoms with E-state index in [0.29, 0.717) is 11.6 Å². The number of aryl methyl sites for hydroxylation is 1. The number of carbonyl (C=O) groups excluding carboxylic acids is 2. The van der Waals surface area contributed by atoms with Crippen LogP contribution in [0.25, 0.3) is 11.0 Å². The Labute approximate surface area is 166 Å². The van der Waals surface area contributed by atoms with Crippen molar-refractivity contribution < 1.29 is 22.8 Å². The molecule has 3 aromatic rings. The monoisotopic (exact) mass is 420 g/mol. The molecule has 0 unspecified atom stereocenters. The van der Waals surface area contributed by atoms with E-state index in [-0.39, 0.29) is 17.6 Å². The zero-order valence-corrected chi connectivity index (χ0v) is 15.5. The van der Waals surface area contributed by atoms with Gasteiger partial charge in [0.15, 0.2) is 17.5 Å². The Morgan fingerprint density at radius 1 is 1.07 bits per heavy atom. The number of rotatable bonds is 5. The second kappa shape index (κ2) is 8.23. The first-order valence-corrected chi connectivity index (χ1v) is 8.71. The molecule has 3 rings (SSSR count). The average molecular weight is 420 g/mol. The Morgan fingerprint density at radius 3 is 2.50 bits per heavy atom. The molecule has 0 aliphatic heterocycles. The van der Waals surface area contributed by atoms with Crippen LogP contribution >= 0.6 is 0 Å². The first-order valence-electron chi connectivity index (χ1n) is 8.71. The molecule has 1 heterocycles. The number of aromatic amines is 1. The SMILES string of the molecule is CCn1c(=O)c(=O)[nH]c2cc(C(=O)NCC(=O)Nc3ccc(F)c(F)c3F)ccc21. The molecule has 1 aromatic heterocycles. The van der Waals surface area contributed by atoms with Crippen molar-refractivity contribution in [2.75, 3.05) is 11.9 Å². The minimum Gasteiger partial charge on any atom is -0.343 e. The quantitative estimate of drug-likeness (QED) is 0.429. The molecule has 2 amide bonds. The van der Waals surface area contributed by atoms with E-state index < -0.39 is 52.6 Å². The van der Waals surface area contributed by atoms with Crippen LogP contribution in [0.4, 0.5) is 18.9 Å². The van der Waals surface area contributed by atoms with Crippen LogP contribution in [0.1, 0.15) is 17.3 Å². The van der Waals surface area contributed by atoms with E-state index in [1.165, 1.54) is 22.8 Å². The van der Waals surface area contributed by atoms with Crippen molar-refractivity contribution >= 4 is 28.5 Å². The Kier molecular flexibility index (Phi) is 5.72. The number of nitrogens with zero attached hydrogens (tertiary/aromatic N) is 1. The summed E-state index contributed by atoms with van der Waals surface area (Å²) < 4.78 is 41.0. The van der Waals surface area contributed by atoms with Crippen LogP contribution in [0.2, 0.25) is 0 Å². The van der Waals surface area contributed by atoms with Crippen molar-refractivity contribution in [1.29, 1.82) is 0 Å². The summed E-state index contributed by atoms with van der Waals surface area (Å²) in [5.74, 6) is -6.25. The fourth-order valence-electron chi connectivity index (χ4n) is 2.81. The summed E-state index contributed by atoms with van der Waals surface area (Å²) in [6.07, 6.45) is 0. The van der Waals surface area contributed by atoms with Crippen molar-refractivity contribution in [2.45, 2.75) is 13.5 Å². The summed E-state index contributed by atoms with van der Waals surface area (Å²) in [5.41, 5.74) is -1.37. The Hall–Kier alpha value is -3.89. The molecule has 8 nitrogen and oxygen atoms in total. The van der Waals surface area contributed by atoms with Gasteiger partial charge in [-0.25, -0.2) is 13.2 Å². The fourth-order valence-corrected chi connectivity index (χ4v) is 2.81. The predicted octanol–water partition coefficient (Wildman–Crippen LogP) is 1.50. The van der Waals surface area contributed by atoms with Gasteiger partial charge >= 0.3 is 11.1 Å². The topological polar surface area (TPSA) is 113 Å². The maximum atomic E-state index is 13.6. The third kappa shape index (κ3) is 3.95. The lowest BCUT2D eigenvalue weighted by Crippen LogP contribution is -2.36. The van der Waals surface area contributed by atoms with E-state index in [0.717, 1.165) is 6.07 Å². The van der Waals surface area contributed by atoms with Crippen molar-refractivity contribution in [1.82, 2.24) is 14.9 Å². The second-order valence-electron chi connectivity index (χ2n) is 6.19. The summed E-state index contributed by atoms with van der Waals surface area (Å²) in [4.78, 5) is 50.1. The van der Waals surface area contributed by atoms with Gasteiger partial charge in [-0.05, 0) is 37.3 Å². The number of aromatic nitrogens is 2. The second-order valence-corrected chi connectivity index (χ2v) is 6.19. The summed E-state index contributed by atoms with van der Waals surface area (Å²) >= 11 is 0. The molecule has 3 N–H and O–H groups in total. The number of amides is 2. The summed E-state index contributed by atoms with van der Waals surface area (Å²) in [5, 5.41) is 4.30. The third-order valence-electron chi connectivity index (χ3n) is 4.27. The molecular weight excluding hydrogens is 405 g/mol. The van der Waals surface area contributed by atoms with Gasteiger partial charge in [0.2, 0.25) is 5.91 Å². The van der Waals surface area contributed by atoms with Gasteiger partial charge in [0.25, 0.3) is 5.91 Å². The number of nitrogens with one attached hydrogen (secondary N) is 3. The number of hydrogen-bond acceptors (Lipinski definition) is 4. The molecule has 0 spiro atoms. The summed E-state index contributed by atoms with van der Waals surface area (Å²) in [6.45, 7) is 1.36. The highest BCUT2D eigenvalue weighted by Crippen LogP contribution is 2.19. The number of halogens is 3. The molecule has 30 heavy (non-hydrogen) atoms. The zero-order chi connectivity index (χ0) is 22.0. The average Bonchev–Trinajstić information content (AvgIpc) is 2.73. The maximum absolute atomic E-state index is 13.6. The van der Waals surface area contributed by atoms with E-state index in [9.17, 15) is 32.3 Å². The first-order chi connectivity index (χ1) is 14.2. The molecule has 0 saturated heterocycles. The maximum Gasteiger partial charge on any atom is 0.316 e. The number of benzene rings is 2. The molecule has 0 aliphatic rings. The number of hydrogen-bond donors (Lipinski definition) is 3. The first kappa shape index (κ1) is 20.8. The molecule has 11 heteroatoms. The van der Waals surface area contributed by atoms with Gasteiger partial charge in [-0.3, -0.25) is 19.2 Å². The Bertz CT molecular complexity index is 1280. The molecule has 0 fully saturated rings. The largest absolute Gasteiger partial charge is 0.343 e. The highest BCUT2D eigenvalue weighted by Gasteiger charge is 2.16. The standard InChI is InChI=1S/C19H15F3N4O4/c1-2-26-13-6-3-9(7-12(13)25-18(29)19(26)30)17(28)23-8-14(27)24-11-5-4-10(20)15(21)16(11)22/h3-7H,2,8H2,1H3,(H,23,28)(H,24,27)(H,25,29). The van der Waals surface area contributed by atoms with Gasteiger partial charge < -0.3 is 20.2 Å². The molecule has 2 aromatic carbocycles. The fraction of sp³-hybridized carbons (Fsp3) is 0.158. The molecule has 0 atom stereocenters. The van der Waals surface area contributed by atoms with Crippen LogP contribution < -0.4 is 21.8 Å². The van der Waals surface area contributed by atoms with E-state index >= 15 is 0 Å². The number of H-pyrrole nitrogens is 1. The summed E-state index contributed by atoms with van der Waals surface area (Å²) in [6, 6.07) is 5.71. The highest BCUT2D eigenvalue weighted by molar-refractivity contribution is 6.00. The smallest absolute Gasteiger partial charge is 0.316 e. The normalized spacial score (nSPS) is 10.8. The van der Waals surface area contributed by atoms with Gasteiger partial charge in [-0.2, -0.15) is 0 Å². The lowest BCUT2D eigenvalue weighted by molar-refractivity contribution is -0.115. The van der Waals surface area contributed by atoms with Crippen molar-refractivity contribution in [3.8, 4) is 0 Å². The molecule has 0 saturated carbocycles. The van der Waals surface area contributed by atoms with Crippen LogP contribution in [-0.4, -0.2) is 27.9 Å². The lowest BCUT2D eigenvalue weighted by Gasteiger charge is -2.10. The third-order valence-corrected chi connectivity index (χ3v) is 4.27. The zero-order valence-electron chi connectivity index (χ0n) is 15.5. The van der Waals surface area contributed by atoms with Gasteiger partial charge in [0, 0.05) is 12.1 Å². The van der Waals surface area contributed by atoms with E-state index in [4.69, 9.17) is 0 Å².